The Morgan fingerprint density at radius 2 is 1.86 bits per heavy atom. The van der Waals surface area contributed by atoms with Crippen molar-refractivity contribution >= 4 is 9.24 Å². The third kappa shape index (κ3) is 2.94. The van der Waals surface area contributed by atoms with Gasteiger partial charge in [0.1, 0.15) is 0 Å². The van der Waals surface area contributed by atoms with E-state index in [1.165, 1.54) is 19.4 Å². The zero-order valence-electron chi connectivity index (χ0n) is 10.4. The first kappa shape index (κ1) is 12.5. The molecule has 3 unspecified atom stereocenters. The molecule has 0 spiro atoms. The highest BCUT2D eigenvalue weighted by molar-refractivity contribution is 7.18. The van der Waals surface area contributed by atoms with Gasteiger partial charge in [-0.2, -0.15) is 0 Å². The van der Waals surface area contributed by atoms with Crippen molar-refractivity contribution in [1.29, 1.82) is 0 Å². The molecule has 1 aliphatic rings. The van der Waals surface area contributed by atoms with Gasteiger partial charge in [-0.3, -0.25) is 4.90 Å². The van der Waals surface area contributed by atoms with Gasteiger partial charge in [0.15, 0.2) is 0 Å². The molecule has 1 rings (SSSR count). The van der Waals surface area contributed by atoms with Crippen molar-refractivity contribution in [3.8, 4) is 0 Å². The summed E-state index contributed by atoms with van der Waals surface area (Å²) >= 11 is 0. The van der Waals surface area contributed by atoms with Gasteiger partial charge in [-0.25, -0.2) is 0 Å². The molecule has 2 heteroatoms. The summed E-state index contributed by atoms with van der Waals surface area (Å²) in [5.41, 5.74) is 0. The summed E-state index contributed by atoms with van der Waals surface area (Å²) in [6.07, 6.45) is 2.65. The van der Waals surface area contributed by atoms with E-state index < -0.39 is 0 Å². The lowest BCUT2D eigenvalue weighted by Gasteiger charge is -2.47. The highest BCUT2D eigenvalue weighted by atomic mass is 31.0. The van der Waals surface area contributed by atoms with E-state index in [9.17, 15) is 0 Å². The van der Waals surface area contributed by atoms with E-state index in [4.69, 9.17) is 0 Å². The minimum atomic E-state index is 0.473. The molecule has 14 heavy (non-hydrogen) atoms. The molecule has 0 radical (unpaired) electrons. The van der Waals surface area contributed by atoms with E-state index in [0.717, 1.165) is 12.0 Å². The van der Waals surface area contributed by atoms with Crippen LogP contribution in [0.1, 0.15) is 47.5 Å². The molecule has 1 nitrogen and oxygen atoms in total. The number of piperidine rings is 1. The summed E-state index contributed by atoms with van der Waals surface area (Å²) in [6, 6.07) is 1.47. The molecule has 0 aromatic rings. The molecule has 0 N–H and O–H groups in total. The molecule has 3 atom stereocenters. The fourth-order valence-electron chi connectivity index (χ4n) is 2.51. The minimum absolute atomic E-state index is 0.473. The van der Waals surface area contributed by atoms with Crippen molar-refractivity contribution in [3.05, 3.63) is 0 Å². The van der Waals surface area contributed by atoms with E-state index in [-0.39, 0.29) is 0 Å². The third-order valence-corrected chi connectivity index (χ3v) is 4.00. The summed E-state index contributed by atoms with van der Waals surface area (Å²) in [5, 5.41) is 0.473. The van der Waals surface area contributed by atoms with Crippen LogP contribution in [0.4, 0.5) is 0 Å². The summed E-state index contributed by atoms with van der Waals surface area (Å²) < 4.78 is 0. The quantitative estimate of drug-likeness (QED) is 0.640. The first-order valence-corrected chi connectivity index (χ1v) is 6.46. The highest BCUT2D eigenvalue weighted by Gasteiger charge is 2.35. The predicted octanol–water partition coefficient (Wildman–Crippen LogP) is 3.15. The maximum absolute atomic E-state index is 3.05. The Labute approximate surface area is 91.8 Å². The number of nitrogens with zero attached hydrogens (tertiary/aromatic N) is 1. The maximum Gasteiger partial charge on any atom is 0.0129 e. The molecule has 1 fully saturated rings. The lowest BCUT2D eigenvalue weighted by Crippen LogP contribution is -2.51. The van der Waals surface area contributed by atoms with Gasteiger partial charge in [-0.15, -0.1) is 9.24 Å². The van der Waals surface area contributed by atoms with Gasteiger partial charge in [-0.05, 0) is 44.3 Å². The standard InChI is InChI=1S/C12H26NP/c1-9(2)11-8-12(5,14)6-7-13(11)10(3)4/h9-11H,6-8,14H2,1-5H3. The van der Waals surface area contributed by atoms with Gasteiger partial charge >= 0.3 is 0 Å². The van der Waals surface area contributed by atoms with Crippen molar-refractivity contribution < 1.29 is 0 Å². The van der Waals surface area contributed by atoms with Crippen LogP contribution in [0.25, 0.3) is 0 Å². The Balaban J connectivity index is 2.71. The molecule has 0 aromatic heterocycles. The van der Waals surface area contributed by atoms with Gasteiger partial charge < -0.3 is 0 Å². The lowest BCUT2D eigenvalue weighted by atomic mass is 9.85. The van der Waals surface area contributed by atoms with Gasteiger partial charge in [0.05, 0.1) is 0 Å². The maximum atomic E-state index is 3.05. The van der Waals surface area contributed by atoms with Crippen LogP contribution in [0.5, 0.6) is 0 Å². The smallest absolute Gasteiger partial charge is 0.0129 e. The van der Waals surface area contributed by atoms with E-state index in [1.54, 1.807) is 0 Å². The van der Waals surface area contributed by atoms with Crippen LogP contribution in [0.2, 0.25) is 0 Å². The number of hydrogen-bond acceptors (Lipinski definition) is 1. The summed E-state index contributed by atoms with van der Waals surface area (Å²) in [7, 11) is 3.05. The number of hydrogen-bond donors (Lipinski definition) is 0. The molecular formula is C12H26NP. The molecule has 0 saturated carbocycles. The van der Waals surface area contributed by atoms with Crippen LogP contribution < -0.4 is 0 Å². The fourth-order valence-corrected chi connectivity index (χ4v) is 2.88. The van der Waals surface area contributed by atoms with Crippen LogP contribution in [-0.4, -0.2) is 28.7 Å². The van der Waals surface area contributed by atoms with E-state index in [0.29, 0.717) is 11.2 Å². The minimum Gasteiger partial charge on any atom is -0.298 e. The second-order valence-electron chi connectivity index (χ2n) is 5.75. The van der Waals surface area contributed by atoms with Gasteiger partial charge in [0.25, 0.3) is 0 Å². The monoisotopic (exact) mass is 215 g/mol. The molecule has 1 saturated heterocycles. The SMILES string of the molecule is CC(C)C1CC(C)(P)CCN1C(C)C. The summed E-state index contributed by atoms with van der Waals surface area (Å²) in [4.78, 5) is 2.68. The number of rotatable bonds is 2. The largest absolute Gasteiger partial charge is 0.298 e. The molecule has 1 heterocycles. The zero-order valence-corrected chi connectivity index (χ0v) is 11.5. The Morgan fingerprint density at radius 3 is 2.29 bits per heavy atom. The predicted molar refractivity (Wildman–Crippen MR) is 67.8 cm³/mol. The third-order valence-electron chi connectivity index (χ3n) is 3.48. The first-order valence-electron chi connectivity index (χ1n) is 5.88. The van der Waals surface area contributed by atoms with Crippen LogP contribution in [0.15, 0.2) is 0 Å². The molecule has 0 aromatic carbocycles. The Morgan fingerprint density at radius 1 is 1.29 bits per heavy atom. The zero-order chi connectivity index (χ0) is 10.9. The van der Waals surface area contributed by atoms with Gasteiger partial charge in [0.2, 0.25) is 0 Å². The van der Waals surface area contributed by atoms with Gasteiger partial charge in [0, 0.05) is 12.1 Å². The fraction of sp³-hybridized carbons (Fsp3) is 1.00. The molecule has 0 aliphatic carbocycles. The van der Waals surface area contributed by atoms with Crippen LogP contribution in [0.3, 0.4) is 0 Å². The topological polar surface area (TPSA) is 3.24 Å². The van der Waals surface area contributed by atoms with E-state index in [1.807, 2.05) is 0 Å². The van der Waals surface area contributed by atoms with Crippen molar-refractivity contribution in [2.75, 3.05) is 6.54 Å². The second-order valence-corrected chi connectivity index (χ2v) is 7.14. The Hall–Kier alpha value is 0.390. The van der Waals surface area contributed by atoms with Crippen molar-refractivity contribution in [1.82, 2.24) is 4.90 Å². The highest BCUT2D eigenvalue weighted by Crippen LogP contribution is 2.37. The molecule has 84 valence electrons. The average Bonchev–Trinajstić information content (AvgIpc) is 2.01. The summed E-state index contributed by atoms with van der Waals surface area (Å²) in [5.74, 6) is 0.776. The number of likely N-dealkylation sites (tertiary alicyclic amines) is 1. The van der Waals surface area contributed by atoms with Gasteiger partial charge in [-0.1, -0.05) is 20.8 Å². The first-order chi connectivity index (χ1) is 6.33. The van der Waals surface area contributed by atoms with Crippen molar-refractivity contribution in [2.45, 2.75) is 64.7 Å². The molecule has 1 aliphatic heterocycles. The molecular weight excluding hydrogens is 189 g/mol. The Bertz CT molecular complexity index is 187. The lowest BCUT2D eigenvalue weighted by molar-refractivity contribution is 0.0669. The van der Waals surface area contributed by atoms with Crippen molar-refractivity contribution in [2.24, 2.45) is 5.92 Å². The summed E-state index contributed by atoms with van der Waals surface area (Å²) in [6.45, 7) is 13.0. The van der Waals surface area contributed by atoms with E-state index >= 15 is 0 Å². The van der Waals surface area contributed by atoms with E-state index in [2.05, 4.69) is 48.8 Å². The van der Waals surface area contributed by atoms with Crippen molar-refractivity contribution in [3.63, 3.8) is 0 Å². The second kappa shape index (κ2) is 4.49. The van der Waals surface area contributed by atoms with Crippen LogP contribution in [0, 0.1) is 5.92 Å². The Kier molecular flexibility index (Phi) is 4.00. The van der Waals surface area contributed by atoms with Crippen LogP contribution >= 0.6 is 9.24 Å². The molecule has 0 amide bonds. The van der Waals surface area contributed by atoms with Crippen LogP contribution in [-0.2, 0) is 0 Å². The molecule has 0 bridgehead atoms. The normalized spacial score (nSPS) is 35.6. The average molecular weight is 215 g/mol.